The highest BCUT2D eigenvalue weighted by Gasteiger charge is 2.41. The lowest BCUT2D eigenvalue weighted by molar-refractivity contribution is -0.116. The summed E-state index contributed by atoms with van der Waals surface area (Å²) in [4.78, 5) is 27.9. The zero-order chi connectivity index (χ0) is 29.1. The molecule has 0 radical (unpaired) electrons. The maximum absolute atomic E-state index is 14.0. The van der Waals surface area contributed by atoms with Gasteiger partial charge in [-0.1, -0.05) is 30.3 Å². The molecule has 212 valence electrons. The molecule has 1 heterocycles. The first-order valence-corrected chi connectivity index (χ1v) is 13.4. The largest absolute Gasteiger partial charge is 0.497 e. The number of dihydropyridines is 1. The molecule has 3 aromatic rings. The van der Waals surface area contributed by atoms with Crippen LogP contribution in [0.4, 0.5) is 5.69 Å². The van der Waals surface area contributed by atoms with Gasteiger partial charge in [-0.05, 0) is 66.8 Å². The number of ether oxygens (including phenoxy) is 4. The summed E-state index contributed by atoms with van der Waals surface area (Å²) in [7, 11) is 6.35. The molecule has 1 aliphatic heterocycles. The van der Waals surface area contributed by atoms with Gasteiger partial charge in [0.25, 0.3) is 5.91 Å². The number of methoxy groups -OCH3 is 4. The molecule has 3 aromatic carbocycles. The van der Waals surface area contributed by atoms with Crippen molar-refractivity contribution in [3.63, 3.8) is 0 Å². The van der Waals surface area contributed by atoms with Crippen LogP contribution in [0, 0.1) is 0 Å². The van der Waals surface area contributed by atoms with Gasteiger partial charge in [0, 0.05) is 34.9 Å². The molecule has 2 N–H and O–H groups in total. The number of carbonyl (C=O) groups is 2. The van der Waals surface area contributed by atoms with E-state index in [2.05, 4.69) is 10.6 Å². The fourth-order valence-electron chi connectivity index (χ4n) is 5.77. The fraction of sp³-hybridized carbons (Fsp3) is 0.273. The van der Waals surface area contributed by atoms with Crippen molar-refractivity contribution in [2.75, 3.05) is 33.8 Å². The van der Waals surface area contributed by atoms with E-state index in [1.165, 1.54) is 0 Å². The summed E-state index contributed by atoms with van der Waals surface area (Å²) < 4.78 is 21.9. The van der Waals surface area contributed by atoms with E-state index in [4.69, 9.17) is 18.9 Å². The highest BCUT2D eigenvalue weighted by molar-refractivity contribution is 6.10. The van der Waals surface area contributed by atoms with Crippen LogP contribution in [0.2, 0.25) is 0 Å². The van der Waals surface area contributed by atoms with E-state index in [0.717, 1.165) is 16.8 Å². The van der Waals surface area contributed by atoms with E-state index < -0.39 is 5.92 Å². The molecule has 0 saturated heterocycles. The highest BCUT2D eigenvalue weighted by Crippen LogP contribution is 2.47. The van der Waals surface area contributed by atoms with Gasteiger partial charge >= 0.3 is 0 Å². The fourth-order valence-corrected chi connectivity index (χ4v) is 5.77. The summed E-state index contributed by atoms with van der Waals surface area (Å²) in [5.41, 5.74) is 4.92. The van der Waals surface area contributed by atoms with Crippen LogP contribution in [0.1, 0.15) is 42.7 Å². The van der Waals surface area contributed by atoms with Crippen LogP contribution in [0.25, 0.3) is 0 Å². The maximum atomic E-state index is 14.0. The average molecular weight is 555 g/mol. The number of Topliss-reactive ketones (excluding diaryl/α,β-unsaturated/α-hetero) is 1. The van der Waals surface area contributed by atoms with Gasteiger partial charge in [-0.3, -0.25) is 9.59 Å². The van der Waals surface area contributed by atoms with Gasteiger partial charge < -0.3 is 29.6 Å². The molecule has 0 aromatic heterocycles. The van der Waals surface area contributed by atoms with Crippen molar-refractivity contribution in [2.24, 2.45) is 0 Å². The summed E-state index contributed by atoms with van der Waals surface area (Å²) in [5, 5.41) is 6.44. The summed E-state index contributed by atoms with van der Waals surface area (Å²) in [6.07, 6.45) is 0.909. The number of para-hydroxylation sites is 2. The van der Waals surface area contributed by atoms with Crippen molar-refractivity contribution in [3.8, 4) is 23.0 Å². The monoisotopic (exact) mass is 554 g/mol. The quantitative estimate of drug-likeness (QED) is 0.368. The molecular formula is C33H34N2O6. The van der Waals surface area contributed by atoms with E-state index in [0.29, 0.717) is 58.4 Å². The average Bonchev–Trinajstić information content (AvgIpc) is 3.00. The minimum absolute atomic E-state index is 0.0125. The van der Waals surface area contributed by atoms with Gasteiger partial charge in [0.1, 0.15) is 11.5 Å². The van der Waals surface area contributed by atoms with Crippen molar-refractivity contribution in [3.05, 3.63) is 100 Å². The van der Waals surface area contributed by atoms with Crippen LogP contribution in [-0.4, -0.2) is 40.1 Å². The number of rotatable bonds is 8. The van der Waals surface area contributed by atoms with Crippen molar-refractivity contribution in [1.82, 2.24) is 5.32 Å². The second-order valence-corrected chi connectivity index (χ2v) is 10.1. The first-order valence-electron chi connectivity index (χ1n) is 13.4. The minimum atomic E-state index is -0.574. The molecular weight excluding hydrogens is 520 g/mol. The Hall–Kier alpha value is -4.72. The molecule has 8 heteroatoms. The first kappa shape index (κ1) is 27.8. The Morgan fingerprint density at radius 1 is 0.805 bits per heavy atom. The van der Waals surface area contributed by atoms with Crippen LogP contribution in [-0.2, 0) is 9.59 Å². The summed E-state index contributed by atoms with van der Waals surface area (Å²) >= 11 is 0. The van der Waals surface area contributed by atoms with Crippen LogP contribution in [0.15, 0.2) is 89.3 Å². The van der Waals surface area contributed by atoms with Crippen LogP contribution in [0.3, 0.4) is 0 Å². The van der Waals surface area contributed by atoms with E-state index in [-0.39, 0.29) is 17.6 Å². The van der Waals surface area contributed by atoms with Gasteiger partial charge in [-0.25, -0.2) is 0 Å². The topological polar surface area (TPSA) is 95.1 Å². The zero-order valence-corrected chi connectivity index (χ0v) is 23.9. The Morgan fingerprint density at radius 2 is 1.56 bits per heavy atom. The third kappa shape index (κ3) is 5.37. The van der Waals surface area contributed by atoms with E-state index in [1.807, 2.05) is 61.5 Å². The number of allylic oxidation sites excluding steroid dienone is 3. The number of nitrogens with one attached hydrogen (secondary N) is 2. The van der Waals surface area contributed by atoms with Crippen molar-refractivity contribution in [1.29, 1.82) is 0 Å². The predicted octanol–water partition coefficient (Wildman–Crippen LogP) is 5.72. The van der Waals surface area contributed by atoms with E-state index >= 15 is 0 Å². The van der Waals surface area contributed by atoms with Gasteiger partial charge in [0.2, 0.25) is 0 Å². The lowest BCUT2D eigenvalue weighted by atomic mass is 9.71. The molecule has 41 heavy (non-hydrogen) atoms. The smallest absolute Gasteiger partial charge is 0.254 e. The molecule has 0 saturated carbocycles. The van der Waals surface area contributed by atoms with Crippen molar-refractivity contribution in [2.45, 2.75) is 31.6 Å². The van der Waals surface area contributed by atoms with Crippen LogP contribution >= 0.6 is 0 Å². The Morgan fingerprint density at radius 3 is 2.29 bits per heavy atom. The van der Waals surface area contributed by atoms with E-state index in [1.54, 1.807) is 40.6 Å². The Balaban J connectivity index is 1.56. The Kier molecular flexibility index (Phi) is 8.01. The number of carbonyl (C=O) groups excluding carboxylic acids is 2. The Bertz CT molecular complexity index is 1560. The molecule has 1 amide bonds. The number of hydrogen-bond acceptors (Lipinski definition) is 7. The molecule has 8 nitrogen and oxygen atoms in total. The van der Waals surface area contributed by atoms with Gasteiger partial charge in [0.05, 0.1) is 34.1 Å². The predicted molar refractivity (Wildman–Crippen MR) is 157 cm³/mol. The van der Waals surface area contributed by atoms with Crippen molar-refractivity contribution >= 4 is 17.4 Å². The number of anilines is 1. The molecule has 1 aliphatic carbocycles. The molecule has 2 aliphatic rings. The van der Waals surface area contributed by atoms with Crippen LogP contribution in [0.5, 0.6) is 23.0 Å². The second kappa shape index (κ2) is 11.8. The molecule has 2 atom stereocenters. The summed E-state index contributed by atoms with van der Waals surface area (Å²) in [6, 6.07) is 20.6. The molecule has 0 bridgehead atoms. The lowest BCUT2D eigenvalue weighted by Crippen LogP contribution is -2.37. The van der Waals surface area contributed by atoms with Crippen LogP contribution < -0.4 is 29.6 Å². The molecule has 0 spiro atoms. The third-order valence-corrected chi connectivity index (χ3v) is 7.73. The third-order valence-electron chi connectivity index (χ3n) is 7.73. The minimum Gasteiger partial charge on any atom is -0.497 e. The van der Waals surface area contributed by atoms with Gasteiger partial charge in [-0.2, -0.15) is 0 Å². The van der Waals surface area contributed by atoms with Gasteiger partial charge in [-0.15, -0.1) is 0 Å². The SMILES string of the molecule is COc1cccc([C@H]2C(C(=O)Nc3ccccc3OC)=C(C)NC3=C2C(=O)C[C@H](c2ccc(OC)c(OC)c2)C3)c1. The Labute approximate surface area is 240 Å². The van der Waals surface area contributed by atoms with Crippen molar-refractivity contribution < 1.29 is 28.5 Å². The lowest BCUT2D eigenvalue weighted by Gasteiger charge is -2.37. The number of amides is 1. The number of benzene rings is 3. The zero-order valence-electron chi connectivity index (χ0n) is 23.9. The molecule has 0 fully saturated rings. The number of hydrogen-bond donors (Lipinski definition) is 2. The molecule has 0 unspecified atom stereocenters. The van der Waals surface area contributed by atoms with Gasteiger partial charge in [0.15, 0.2) is 17.3 Å². The van der Waals surface area contributed by atoms with E-state index in [9.17, 15) is 9.59 Å². The standard InChI is InChI=1S/C33H34N2O6/c1-19-30(33(37)35-24-11-6-7-12-27(24)39-3)31(21-9-8-10-23(15-21)38-2)32-25(34-19)16-22(17-26(32)36)20-13-14-28(40-4)29(18-20)41-5/h6-15,18,22,31,34H,16-17H2,1-5H3,(H,35,37)/t22-,31+/m1/s1. The number of ketones is 1. The molecule has 5 rings (SSSR count). The second-order valence-electron chi connectivity index (χ2n) is 10.1. The summed E-state index contributed by atoms with van der Waals surface area (Å²) in [6.45, 7) is 1.87. The maximum Gasteiger partial charge on any atom is 0.254 e. The highest BCUT2D eigenvalue weighted by atomic mass is 16.5. The first-order chi connectivity index (χ1) is 19.9. The summed E-state index contributed by atoms with van der Waals surface area (Å²) in [5.74, 6) is 1.50. The normalized spacial score (nSPS) is 18.3.